The summed E-state index contributed by atoms with van der Waals surface area (Å²) in [5.74, 6) is 0.817. The standard InChI is InChI=1S/C17H18O2S2/c1-13-4-10-16(11-5-13)21(18)17(20-3)12-14-6-8-15(19-2)9-7-14/h4-12H,1-3H3/b17-12+/t21-/m1/s1. The van der Waals surface area contributed by atoms with Crippen molar-refractivity contribution in [2.24, 2.45) is 0 Å². The van der Waals surface area contributed by atoms with E-state index in [-0.39, 0.29) is 0 Å². The Kier molecular flexibility index (Phi) is 5.65. The molecule has 21 heavy (non-hydrogen) atoms. The van der Waals surface area contributed by atoms with Gasteiger partial charge in [0.15, 0.2) is 0 Å². The minimum absolute atomic E-state index is 0.817. The van der Waals surface area contributed by atoms with Crippen molar-refractivity contribution in [3.05, 3.63) is 63.9 Å². The quantitative estimate of drug-likeness (QED) is 0.813. The second-order valence-electron chi connectivity index (χ2n) is 4.52. The molecule has 0 amide bonds. The van der Waals surface area contributed by atoms with Crippen LogP contribution in [0.4, 0.5) is 0 Å². The van der Waals surface area contributed by atoms with Crippen LogP contribution in [-0.4, -0.2) is 17.6 Å². The van der Waals surface area contributed by atoms with E-state index in [1.165, 1.54) is 17.3 Å². The van der Waals surface area contributed by atoms with Crippen molar-refractivity contribution in [3.63, 3.8) is 0 Å². The number of hydrogen-bond donors (Lipinski definition) is 0. The smallest absolute Gasteiger partial charge is 0.118 e. The Labute approximate surface area is 132 Å². The summed E-state index contributed by atoms with van der Waals surface area (Å²) in [6, 6.07) is 15.5. The van der Waals surface area contributed by atoms with Gasteiger partial charge in [0.05, 0.1) is 22.1 Å². The zero-order valence-corrected chi connectivity index (χ0v) is 14.0. The lowest BCUT2D eigenvalue weighted by molar-refractivity contribution is 0.415. The van der Waals surface area contributed by atoms with Crippen molar-refractivity contribution in [1.29, 1.82) is 0 Å². The molecule has 0 radical (unpaired) electrons. The first-order chi connectivity index (χ1) is 10.1. The molecule has 0 N–H and O–H groups in total. The summed E-state index contributed by atoms with van der Waals surface area (Å²) in [6.45, 7) is 2.02. The van der Waals surface area contributed by atoms with Crippen LogP contribution < -0.4 is 4.74 Å². The maximum Gasteiger partial charge on any atom is 0.118 e. The summed E-state index contributed by atoms with van der Waals surface area (Å²) >= 11 is 1.51. The van der Waals surface area contributed by atoms with E-state index in [1.54, 1.807) is 7.11 Å². The molecule has 2 rings (SSSR count). The predicted octanol–water partition coefficient (Wildman–Crippen LogP) is 4.47. The molecule has 2 aromatic carbocycles. The summed E-state index contributed by atoms with van der Waals surface area (Å²) in [5.41, 5.74) is 2.18. The number of aryl methyl sites for hydroxylation is 1. The third kappa shape index (κ3) is 4.22. The Bertz CT molecular complexity index is 643. The van der Waals surface area contributed by atoms with Crippen LogP contribution in [0.25, 0.3) is 6.08 Å². The zero-order valence-electron chi connectivity index (χ0n) is 12.3. The number of benzene rings is 2. The van der Waals surface area contributed by atoms with Crippen molar-refractivity contribution in [2.75, 3.05) is 13.4 Å². The van der Waals surface area contributed by atoms with Crippen LogP contribution in [0.2, 0.25) is 0 Å². The van der Waals surface area contributed by atoms with Gasteiger partial charge in [-0.15, -0.1) is 11.8 Å². The molecule has 0 saturated carbocycles. The molecular weight excluding hydrogens is 300 g/mol. The lowest BCUT2D eigenvalue weighted by Crippen LogP contribution is -1.93. The van der Waals surface area contributed by atoms with Crippen molar-refractivity contribution in [3.8, 4) is 5.75 Å². The van der Waals surface area contributed by atoms with E-state index < -0.39 is 10.8 Å². The van der Waals surface area contributed by atoms with Gasteiger partial charge in [0, 0.05) is 4.90 Å². The van der Waals surface area contributed by atoms with Gasteiger partial charge in [-0.2, -0.15) is 0 Å². The molecule has 0 aliphatic rings. The van der Waals surface area contributed by atoms with Crippen LogP contribution in [0, 0.1) is 6.92 Å². The molecule has 1 atom stereocenters. The molecule has 2 nitrogen and oxygen atoms in total. The van der Waals surface area contributed by atoms with E-state index in [9.17, 15) is 4.21 Å². The Hall–Kier alpha value is -1.52. The minimum atomic E-state index is -1.14. The Morgan fingerprint density at radius 1 is 1.10 bits per heavy atom. The fraction of sp³-hybridized carbons (Fsp3) is 0.176. The Morgan fingerprint density at radius 3 is 2.24 bits per heavy atom. The molecule has 0 aliphatic carbocycles. The first kappa shape index (κ1) is 15.9. The second-order valence-corrected chi connectivity index (χ2v) is 7.08. The van der Waals surface area contributed by atoms with E-state index in [0.29, 0.717) is 0 Å². The molecule has 0 bridgehead atoms. The van der Waals surface area contributed by atoms with Gasteiger partial charge in [-0.1, -0.05) is 29.8 Å². The van der Waals surface area contributed by atoms with Gasteiger partial charge in [-0.05, 0) is 49.1 Å². The fourth-order valence-corrected chi connectivity index (χ4v) is 3.81. The normalized spacial score (nSPS) is 13.0. The lowest BCUT2D eigenvalue weighted by atomic mass is 10.2. The van der Waals surface area contributed by atoms with E-state index in [4.69, 9.17) is 4.74 Å². The third-order valence-electron chi connectivity index (χ3n) is 3.02. The molecule has 0 unspecified atom stereocenters. The van der Waals surface area contributed by atoms with Crippen LogP contribution in [0.1, 0.15) is 11.1 Å². The summed E-state index contributed by atoms with van der Waals surface area (Å²) in [4.78, 5) is 0.828. The highest BCUT2D eigenvalue weighted by atomic mass is 32.2. The summed E-state index contributed by atoms with van der Waals surface area (Å²) in [6.07, 6.45) is 3.90. The first-order valence-electron chi connectivity index (χ1n) is 6.52. The highest BCUT2D eigenvalue weighted by molar-refractivity contribution is 8.16. The van der Waals surface area contributed by atoms with Gasteiger partial charge in [0.25, 0.3) is 0 Å². The molecule has 4 heteroatoms. The molecule has 0 saturated heterocycles. The lowest BCUT2D eigenvalue weighted by Gasteiger charge is -2.06. The SMILES string of the molecule is COc1ccc(/C=C(\SC)[S@](=O)c2ccc(C)cc2)cc1. The van der Waals surface area contributed by atoms with Crippen molar-refractivity contribution < 1.29 is 8.95 Å². The Balaban J connectivity index is 2.26. The van der Waals surface area contributed by atoms with Crippen molar-refractivity contribution in [1.82, 2.24) is 0 Å². The van der Waals surface area contributed by atoms with Crippen LogP contribution in [0.15, 0.2) is 57.7 Å². The maximum atomic E-state index is 12.6. The molecule has 0 aliphatic heterocycles. The fourth-order valence-electron chi connectivity index (χ4n) is 1.80. The highest BCUT2D eigenvalue weighted by Gasteiger charge is 2.09. The molecule has 0 spiro atoms. The van der Waals surface area contributed by atoms with Crippen LogP contribution >= 0.6 is 11.8 Å². The highest BCUT2D eigenvalue weighted by Crippen LogP contribution is 2.26. The van der Waals surface area contributed by atoms with Crippen LogP contribution in [-0.2, 0) is 10.8 Å². The topological polar surface area (TPSA) is 26.3 Å². The molecular formula is C17H18O2S2. The number of methoxy groups -OCH3 is 1. The number of hydrogen-bond acceptors (Lipinski definition) is 3. The maximum absolute atomic E-state index is 12.6. The largest absolute Gasteiger partial charge is 0.497 e. The van der Waals surface area contributed by atoms with Gasteiger partial charge in [-0.25, -0.2) is 4.21 Å². The monoisotopic (exact) mass is 318 g/mol. The van der Waals surface area contributed by atoms with E-state index >= 15 is 0 Å². The van der Waals surface area contributed by atoms with Crippen molar-refractivity contribution in [2.45, 2.75) is 11.8 Å². The summed E-state index contributed by atoms with van der Waals surface area (Å²) in [5, 5.41) is 0. The van der Waals surface area contributed by atoms with Crippen LogP contribution in [0.5, 0.6) is 5.75 Å². The second kappa shape index (κ2) is 7.48. The minimum Gasteiger partial charge on any atom is -0.497 e. The number of rotatable bonds is 5. The average Bonchev–Trinajstić information content (AvgIpc) is 2.53. The summed E-state index contributed by atoms with van der Waals surface area (Å²) in [7, 11) is 0.499. The van der Waals surface area contributed by atoms with Gasteiger partial charge in [0.2, 0.25) is 0 Å². The molecule has 0 aromatic heterocycles. The number of ether oxygens (including phenoxy) is 1. The van der Waals surface area contributed by atoms with Gasteiger partial charge >= 0.3 is 0 Å². The van der Waals surface area contributed by atoms with Crippen molar-refractivity contribution >= 4 is 28.6 Å². The van der Waals surface area contributed by atoms with Gasteiger partial charge in [-0.3, -0.25) is 0 Å². The predicted molar refractivity (Wildman–Crippen MR) is 92.1 cm³/mol. The van der Waals surface area contributed by atoms with Crippen LogP contribution in [0.3, 0.4) is 0 Å². The third-order valence-corrected chi connectivity index (χ3v) is 5.68. The molecule has 0 heterocycles. The van der Waals surface area contributed by atoms with E-state index in [0.717, 1.165) is 20.4 Å². The molecule has 0 fully saturated rings. The van der Waals surface area contributed by atoms with E-state index in [2.05, 4.69) is 0 Å². The van der Waals surface area contributed by atoms with Gasteiger partial charge < -0.3 is 4.74 Å². The average molecular weight is 318 g/mol. The Morgan fingerprint density at radius 2 is 1.71 bits per heavy atom. The number of thioether (sulfide) groups is 1. The first-order valence-corrected chi connectivity index (χ1v) is 8.89. The molecule has 110 valence electrons. The zero-order chi connectivity index (χ0) is 15.2. The van der Waals surface area contributed by atoms with E-state index in [1.807, 2.05) is 67.8 Å². The van der Waals surface area contributed by atoms with Gasteiger partial charge in [0.1, 0.15) is 5.75 Å². The molecule has 2 aromatic rings. The summed E-state index contributed by atoms with van der Waals surface area (Å²) < 4.78 is 18.6.